The summed E-state index contributed by atoms with van der Waals surface area (Å²) in [5.41, 5.74) is 5.28. The molecular formula is C31H29ClN2O3. The minimum absolute atomic E-state index is 0.0751. The van der Waals surface area contributed by atoms with Crippen molar-refractivity contribution < 1.29 is 14.3 Å². The van der Waals surface area contributed by atoms with E-state index in [1.54, 1.807) is 29.2 Å². The van der Waals surface area contributed by atoms with Crippen LogP contribution >= 0.6 is 11.6 Å². The second-order valence-electron chi connectivity index (χ2n) is 8.80. The minimum atomic E-state index is -0.406. The van der Waals surface area contributed by atoms with E-state index in [4.69, 9.17) is 16.3 Å². The third-order valence-corrected chi connectivity index (χ3v) is 6.16. The van der Waals surface area contributed by atoms with E-state index in [2.05, 4.69) is 5.32 Å². The number of carbonyl (C=O) groups is 2. The summed E-state index contributed by atoms with van der Waals surface area (Å²) in [6.07, 6.45) is 0. The van der Waals surface area contributed by atoms with Crippen LogP contribution in [-0.2, 0) is 29.2 Å². The Hall–Kier alpha value is -3.93. The van der Waals surface area contributed by atoms with Crippen molar-refractivity contribution in [3.63, 3.8) is 0 Å². The van der Waals surface area contributed by atoms with E-state index in [1.165, 1.54) is 0 Å². The topological polar surface area (TPSA) is 58.6 Å². The van der Waals surface area contributed by atoms with E-state index in [0.29, 0.717) is 29.4 Å². The van der Waals surface area contributed by atoms with Gasteiger partial charge in [0, 0.05) is 17.3 Å². The Morgan fingerprint density at radius 2 is 1.43 bits per heavy atom. The van der Waals surface area contributed by atoms with Crippen LogP contribution in [0.4, 0.5) is 5.69 Å². The fourth-order valence-electron chi connectivity index (χ4n) is 3.79. The molecule has 0 saturated heterocycles. The molecule has 1 N–H and O–H groups in total. The summed E-state index contributed by atoms with van der Waals surface area (Å²) in [6, 6.07) is 32.1. The van der Waals surface area contributed by atoms with Gasteiger partial charge in [0.1, 0.15) is 6.61 Å². The molecule has 0 aliphatic heterocycles. The number of esters is 1. The first-order chi connectivity index (χ1) is 18.0. The third kappa shape index (κ3) is 7.78. The monoisotopic (exact) mass is 512 g/mol. The fraction of sp³-hybridized carbons (Fsp3) is 0.161. The summed E-state index contributed by atoms with van der Waals surface area (Å²) in [6.45, 7) is 3.37. The molecule has 0 atom stereocenters. The number of nitrogens with zero attached hydrogens (tertiary/aromatic N) is 1. The van der Waals surface area contributed by atoms with Gasteiger partial charge in [0.15, 0.2) is 0 Å². The summed E-state index contributed by atoms with van der Waals surface area (Å²) in [7, 11) is 0. The van der Waals surface area contributed by atoms with E-state index in [1.807, 2.05) is 85.8 Å². The van der Waals surface area contributed by atoms with Gasteiger partial charge in [0.05, 0.1) is 18.7 Å². The van der Waals surface area contributed by atoms with Crippen LogP contribution in [0.2, 0.25) is 5.02 Å². The number of nitrogens with one attached hydrogen (secondary N) is 1. The molecule has 5 nitrogen and oxygen atoms in total. The van der Waals surface area contributed by atoms with E-state index in [-0.39, 0.29) is 19.1 Å². The average molecular weight is 513 g/mol. The van der Waals surface area contributed by atoms with E-state index in [9.17, 15) is 9.59 Å². The molecule has 6 heteroatoms. The van der Waals surface area contributed by atoms with Crippen molar-refractivity contribution in [3.8, 4) is 0 Å². The highest BCUT2D eigenvalue weighted by molar-refractivity contribution is 6.30. The Balaban J connectivity index is 1.43. The molecule has 0 saturated carbocycles. The Labute approximate surface area is 222 Å². The minimum Gasteiger partial charge on any atom is -0.457 e. The maximum Gasteiger partial charge on any atom is 0.338 e. The van der Waals surface area contributed by atoms with Crippen molar-refractivity contribution in [1.29, 1.82) is 0 Å². The molecular weight excluding hydrogens is 484 g/mol. The molecule has 0 aromatic heterocycles. The number of aryl methyl sites for hydroxylation is 1. The zero-order valence-electron chi connectivity index (χ0n) is 20.7. The lowest BCUT2D eigenvalue weighted by Gasteiger charge is -2.24. The molecule has 0 bridgehead atoms. The third-order valence-electron chi connectivity index (χ3n) is 5.91. The smallest absolute Gasteiger partial charge is 0.338 e. The Morgan fingerprint density at radius 3 is 2.11 bits per heavy atom. The fourth-order valence-corrected chi connectivity index (χ4v) is 3.92. The number of benzene rings is 4. The molecule has 37 heavy (non-hydrogen) atoms. The van der Waals surface area contributed by atoms with E-state index >= 15 is 0 Å². The molecule has 4 aromatic rings. The van der Waals surface area contributed by atoms with Crippen molar-refractivity contribution in [2.24, 2.45) is 0 Å². The highest BCUT2D eigenvalue weighted by Crippen LogP contribution is 2.20. The second kappa shape index (κ2) is 12.9. The molecule has 0 spiro atoms. The first-order valence-electron chi connectivity index (χ1n) is 12.1. The predicted octanol–water partition coefficient (Wildman–Crippen LogP) is 6.33. The molecule has 0 fully saturated rings. The largest absolute Gasteiger partial charge is 0.457 e. The molecule has 0 heterocycles. The van der Waals surface area contributed by atoms with Crippen LogP contribution in [0, 0.1) is 6.92 Å². The molecule has 4 aromatic carbocycles. The van der Waals surface area contributed by atoms with E-state index < -0.39 is 5.97 Å². The quantitative estimate of drug-likeness (QED) is 0.252. The Kier molecular flexibility index (Phi) is 9.08. The van der Waals surface area contributed by atoms with Crippen molar-refractivity contribution in [2.45, 2.75) is 26.6 Å². The van der Waals surface area contributed by atoms with Gasteiger partial charge in [0.2, 0.25) is 5.91 Å². The summed E-state index contributed by atoms with van der Waals surface area (Å²) in [5, 5.41) is 3.90. The number of carbonyl (C=O) groups excluding carboxylic acids is 2. The molecule has 0 aliphatic rings. The van der Waals surface area contributed by atoms with Crippen LogP contribution in [0.1, 0.15) is 32.6 Å². The first kappa shape index (κ1) is 26.1. The lowest BCUT2D eigenvalue weighted by molar-refractivity contribution is -0.118. The number of hydrogen-bond acceptors (Lipinski definition) is 4. The van der Waals surface area contributed by atoms with Gasteiger partial charge in [-0.15, -0.1) is 0 Å². The van der Waals surface area contributed by atoms with Gasteiger partial charge in [-0.2, -0.15) is 0 Å². The number of hydrogen-bond donors (Lipinski definition) is 1. The molecule has 1 amide bonds. The van der Waals surface area contributed by atoms with Gasteiger partial charge >= 0.3 is 5.97 Å². The number of anilines is 1. The number of ether oxygens (including phenoxy) is 1. The Morgan fingerprint density at radius 1 is 0.784 bits per heavy atom. The normalized spacial score (nSPS) is 10.6. The highest BCUT2D eigenvalue weighted by Gasteiger charge is 2.17. The van der Waals surface area contributed by atoms with Crippen LogP contribution in [0.25, 0.3) is 0 Å². The summed E-state index contributed by atoms with van der Waals surface area (Å²) in [5.74, 6) is -0.481. The predicted molar refractivity (Wildman–Crippen MR) is 148 cm³/mol. The summed E-state index contributed by atoms with van der Waals surface area (Å²) < 4.78 is 5.43. The zero-order chi connectivity index (χ0) is 26.0. The van der Waals surface area contributed by atoms with Crippen molar-refractivity contribution in [2.75, 3.05) is 11.4 Å². The second-order valence-corrected chi connectivity index (χ2v) is 9.24. The molecule has 188 valence electrons. The zero-order valence-corrected chi connectivity index (χ0v) is 21.4. The van der Waals surface area contributed by atoms with Crippen LogP contribution in [0.5, 0.6) is 0 Å². The molecule has 4 rings (SSSR count). The number of rotatable bonds is 10. The average Bonchev–Trinajstić information content (AvgIpc) is 2.93. The van der Waals surface area contributed by atoms with E-state index in [0.717, 1.165) is 22.3 Å². The standard InChI is InChI=1S/C31H29ClN2O3/c1-23-7-9-25(10-8-23)21-34(30(35)20-33-19-24-11-15-28(32)16-12-24)29-17-13-27(14-18-29)31(36)37-22-26-5-3-2-4-6-26/h2-18,33H,19-22H2,1H3. The SMILES string of the molecule is Cc1ccc(CN(C(=O)CNCc2ccc(Cl)cc2)c2ccc(C(=O)OCc3ccccc3)cc2)cc1. The summed E-state index contributed by atoms with van der Waals surface area (Å²) in [4.78, 5) is 27.5. The van der Waals surface area contributed by atoms with Crippen LogP contribution < -0.4 is 10.2 Å². The van der Waals surface area contributed by atoms with Crippen molar-refractivity contribution in [1.82, 2.24) is 5.32 Å². The van der Waals surface area contributed by atoms with Crippen molar-refractivity contribution in [3.05, 3.63) is 136 Å². The number of halogens is 1. The maximum absolute atomic E-state index is 13.3. The molecule has 0 radical (unpaired) electrons. The lowest BCUT2D eigenvalue weighted by atomic mass is 10.1. The maximum atomic E-state index is 13.3. The van der Waals surface area contributed by atoms with Crippen molar-refractivity contribution >= 4 is 29.2 Å². The summed E-state index contributed by atoms with van der Waals surface area (Å²) >= 11 is 5.96. The number of amides is 1. The van der Waals surface area contributed by atoms with Gasteiger partial charge in [-0.3, -0.25) is 4.79 Å². The Bertz CT molecular complexity index is 1310. The van der Waals surface area contributed by atoms with Gasteiger partial charge < -0.3 is 15.0 Å². The first-order valence-corrected chi connectivity index (χ1v) is 12.5. The van der Waals surface area contributed by atoms with Gasteiger partial charge in [-0.25, -0.2) is 4.79 Å². The van der Waals surface area contributed by atoms with Gasteiger partial charge in [-0.05, 0) is 60.0 Å². The van der Waals surface area contributed by atoms with Crippen LogP contribution in [-0.4, -0.2) is 18.4 Å². The highest BCUT2D eigenvalue weighted by atomic mass is 35.5. The van der Waals surface area contributed by atoms with Crippen LogP contribution in [0.3, 0.4) is 0 Å². The van der Waals surface area contributed by atoms with Gasteiger partial charge in [0.25, 0.3) is 0 Å². The molecule has 0 aliphatic carbocycles. The molecule has 0 unspecified atom stereocenters. The van der Waals surface area contributed by atoms with Gasteiger partial charge in [-0.1, -0.05) is 83.9 Å². The van der Waals surface area contributed by atoms with Crippen LogP contribution in [0.15, 0.2) is 103 Å². The lowest BCUT2D eigenvalue weighted by Crippen LogP contribution is -2.37.